The monoisotopic (exact) mass is 1230 g/mol. The molecule has 2 aromatic carbocycles. The molecule has 0 radical (unpaired) electrons. The van der Waals surface area contributed by atoms with Crippen molar-refractivity contribution in [2.24, 2.45) is 0 Å². The van der Waals surface area contributed by atoms with Gasteiger partial charge in [-0.25, -0.2) is 0 Å². The molecule has 4 aromatic heterocycles. The number of rotatable bonds is 17. The standard InChI is InChI=1S/C41H16F32N6O2/c42-28(43,32(52,53)34(56,57)36(60,61)38(64,65)40(68,69)70)13-80-26-76-25(77-27(78-26)81-14-29(44,45)33(54,55)35(58,59)37(62,63)39(66,67)41(71,72)73)79-21-5-1-15(17-3-7-23(74-11-17)30(46,47)48)9-19(21)20-10-16(2-6-22(20)79)18-4-8-24(75-12-18)31(49,50)51/h1-12H,13-14H2. The highest BCUT2D eigenvalue weighted by Gasteiger charge is 2.92. The van der Waals surface area contributed by atoms with E-state index in [2.05, 4.69) is 34.4 Å². The highest BCUT2D eigenvalue weighted by atomic mass is 19.4. The van der Waals surface area contributed by atoms with Crippen LogP contribution in [0.25, 0.3) is 50.0 Å². The Bertz CT molecular complexity index is 3080. The lowest BCUT2D eigenvalue weighted by Gasteiger charge is -2.39. The molecule has 0 amide bonds. The van der Waals surface area contributed by atoms with Crippen molar-refractivity contribution in [2.75, 3.05) is 13.2 Å². The molecule has 8 nitrogen and oxygen atoms in total. The van der Waals surface area contributed by atoms with Crippen LogP contribution >= 0.6 is 0 Å². The van der Waals surface area contributed by atoms with Crippen molar-refractivity contribution in [1.29, 1.82) is 0 Å². The lowest BCUT2D eigenvalue weighted by Crippen LogP contribution is -2.70. The topological polar surface area (TPSA) is 87.8 Å². The fraction of sp³-hybridized carbons (Fsp3) is 0.390. The zero-order valence-electron chi connectivity index (χ0n) is 37.4. The molecule has 0 bridgehead atoms. The molecule has 0 atom stereocenters. The Balaban J connectivity index is 1.56. The predicted molar refractivity (Wildman–Crippen MR) is 203 cm³/mol. The number of fused-ring (bicyclic) bond motifs is 3. The highest BCUT2D eigenvalue weighted by Crippen LogP contribution is 2.62. The van der Waals surface area contributed by atoms with Gasteiger partial charge in [0.25, 0.3) is 0 Å². The van der Waals surface area contributed by atoms with E-state index < -0.39 is 138 Å². The normalized spacial score (nSPS) is 14.8. The second-order valence-corrected chi connectivity index (χ2v) is 16.4. The van der Waals surface area contributed by atoms with Crippen LogP contribution in [-0.2, 0) is 12.4 Å². The SMILES string of the molecule is FC(F)(F)c1ccc(-c2ccc3c(c2)c2cc(-c4ccc(C(F)(F)F)nc4)ccc2n3-c2nc(OCC(F)(F)C(F)(F)C(F)(F)C(F)(F)C(F)(F)C(F)(F)F)nc(OCC(F)(F)C(F)(F)C(F)(F)C(F)(F)C(F)(F)C(F)(F)F)n2)cn1. The average Bonchev–Trinajstić information content (AvgIpc) is 3.81. The summed E-state index contributed by atoms with van der Waals surface area (Å²) in [4.78, 5) is 15.3. The molecule has 0 fully saturated rings. The molecule has 0 unspecified atom stereocenters. The molecule has 81 heavy (non-hydrogen) atoms. The zero-order chi connectivity index (χ0) is 61.9. The van der Waals surface area contributed by atoms with E-state index in [0.717, 1.165) is 48.5 Å². The quantitative estimate of drug-likeness (QED) is 0.0841. The van der Waals surface area contributed by atoms with Crippen LogP contribution < -0.4 is 9.47 Å². The van der Waals surface area contributed by atoms with Gasteiger partial charge in [-0.1, -0.05) is 24.3 Å². The van der Waals surface area contributed by atoms with Crippen LogP contribution in [0.1, 0.15) is 11.4 Å². The first kappa shape index (κ1) is 63.1. The van der Waals surface area contributed by atoms with E-state index >= 15 is 0 Å². The van der Waals surface area contributed by atoms with Crippen molar-refractivity contribution in [3.8, 4) is 40.2 Å². The van der Waals surface area contributed by atoms with E-state index in [9.17, 15) is 140 Å². The molecule has 0 saturated heterocycles. The molecule has 6 aromatic rings. The zero-order valence-corrected chi connectivity index (χ0v) is 37.4. The fourth-order valence-electron chi connectivity index (χ4n) is 6.72. The van der Waals surface area contributed by atoms with Crippen LogP contribution in [0.4, 0.5) is 140 Å². The summed E-state index contributed by atoms with van der Waals surface area (Å²) in [7, 11) is 0. The van der Waals surface area contributed by atoms with Crippen LogP contribution in [-0.4, -0.2) is 114 Å². The van der Waals surface area contributed by atoms with Crippen molar-refractivity contribution in [3.05, 3.63) is 84.4 Å². The molecule has 4 heterocycles. The van der Waals surface area contributed by atoms with E-state index in [-0.39, 0.29) is 33.0 Å². The van der Waals surface area contributed by atoms with Crippen molar-refractivity contribution >= 4 is 21.8 Å². The number of pyridine rings is 2. The summed E-state index contributed by atoms with van der Waals surface area (Å²) in [5.74, 6) is -83.1. The highest BCUT2D eigenvalue weighted by molar-refractivity contribution is 6.11. The van der Waals surface area contributed by atoms with E-state index in [1.54, 1.807) is 0 Å². The maximum atomic E-state index is 14.9. The van der Waals surface area contributed by atoms with E-state index in [4.69, 9.17) is 0 Å². The van der Waals surface area contributed by atoms with Gasteiger partial charge in [0.1, 0.15) is 11.4 Å². The number of hydrogen-bond acceptors (Lipinski definition) is 7. The van der Waals surface area contributed by atoms with Gasteiger partial charge in [0.15, 0.2) is 13.2 Å². The number of hydrogen-bond donors (Lipinski definition) is 0. The van der Waals surface area contributed by atoms with Gasteiger partial charge in [0.2, 0.25) is 5.95 Å². The summed E-state index contributed by atoms with van der Waals surface area (Å²) in [6, 6.07) is 2.97. The van der Waals surface area contributed by atoms with Crippen LogP contribution in [0.2, 0.25) is 0 Å². The minimum Gasteiger partial charge on any atom is -0.457 e. The Labute approximate surface area is 423 Å². The predicted octanol–water partition coefficient (Wildman–Crippen LogP) is 15.4. The van der Waals surface area contributed by atoms with E-state index in [0.29, 0.717) is 29.1 Å². The van der Waals surface area contributed by atoms with Gasteiger partial charge in [-0.3, -0.25) is 14.5 Å². The second-order valence-electron chi connectivity index (χ2n) is 16.4. The minimum absolute atomic E-state index is 0.176. The fourth-order valence-corrected chi connectivity index (χ4v) is 6.72. The first-order valence-electron chi connectivity index (χ1n) is 20.3. The van der Waals surface area contributed by atoms with Crippen molar-refractivity contribution in [2.45, 2.75) is 83.9 Å². The molecule has 0 saturated carbocycles. The van der Waals surface area contributed by atoms with Gasteiger partial charge in [-0.05, 0) is 47.5 Å². The second kappa shape index (κ2) is 19.3. The molecule has 6 rings (SSSR count). The van der Waals surface area contributed by atoms with Crippen LogP contribution in [0.15, 0.2) is 73.1 Å². The molecule has 446 valence electrons. The van der Waals surface area contributed by atoms with Crippen molar-refractivity contribution in [3.63, 3.8) is 0 Å². The Kier molecular flexibility index (Phi) is 15.0. The third kappa shape index (κ3) is 10.3. The Morgan fingerprint density at radius 3 is 0.901 bits per heavy atom. The van der Waals surface area contributed by atoms with Gasteiger partial charge >= 0.3 is 96.0 Å². The Hall–Kier alpha value is -7.09. The molecule has 0 N–H and O–H groups in total. The number of ether oxygens (including phenoxy) is 2. The number of benzene rings is 2. The summed E-state index contributed by atoms with van der Waals surface area (Å²) >= 11 is 0. The maximum absolute atomic E-state index is 14.9. The molecular formula is C41H16F32N6O2. The first-order chi connectivity index (χ1) is 36.2. The van der Waals surface area contributed by atoms with Gasteiger partial charge < -0.3 is 9.47 Å². The van der Waals surface area contributed by atoms with Crippen molar-refractivity contribution < 1.29 is 150 Å². The molecule has 0 aliphatic rings. The summed E-state index contributed by atoms with van der Waals surface area (Å²) in [5, 5.41) is -0.742. The summed E-state index contributed by atoms with van der Waals surface area (Å²) in [6.07, 6.45) is -24.7. The van der Waals surface area contributed by atoms with Gasteiger partial charge in [0, 0.05) is 34.3 Å². The van der Waals surface area contributed by atoms with E-state index in [1.807, 2.05) is 0 Å². The maximum Gasteiger partial charge on any atom is 0.460 e. The summed E-state index contributed by atoms with van der Waals surface area (Å²) in [5.41, 5.74) is -4.94. The average molecular weight is 1230 g/mol. The number of nitrogens with zero attached hydrogens (tertiary/aromatic N) is 6. The van der Waals surface area contributed by atoms with Gasteiger partial charge in [0.05, 0.1) is 11.0 Å². The Morgan fingerprint density at radius 2 is 0.630 bits per heavy atom. The molecular weight excluding hydrogens is 1220 g/mol. The van der Waals surface area contributed by atoms with Crippen molar-refractivity contribution in [1.82, 2.24) is 29.5 Å². The number of alkyl halides is 32. The lowest BCUT2D eigenvalue weighted by molar-refractivity contribution is -0.440. The third-order valence-electron chi connectivity index (χ3n) is 11.1. The number of halogens is 32. The first-order valence-corrected chi connectivity index (χ1v) is 20.3. The summed E-state index contributed by atoms with van der Waals surface area (Å²) in [6.45, 7) is -7.62. The number of aromatic nitrogens is 6. The van der Waals surface area contributed by atoms with Crippen LogP contribution in [0.3, 0.4) is 0 Å². The van der Waals surface area contributed by atoms with Gasteiger partial charge in [-0.2, -0.15) is 150 Å². The Morgan fingerprint density at radius 1 is 0.333 bits per heavy atom. The van der Waals surface area contributed by atoms with E-state index in [1.165, 1.54) is 0 Å². The van der Waals surface area contributed by atoms with Gasteiger partial charge in [-0.15, -0.1) is 4.98 Å². The van der Waals surface area contributed by atoms with Crippen LogP contribution in [0, 0.1) is 0 Å². The van der Waals surface area contributed by atoms with Crippen LogP contribution in [0.5, 0.6) is 12.0 Å². The molecule has 0 aliphatic heterocycles. The summed E-state index contributed by atoms with van der Waals surface area (Å²) < 4.78 is 449. The third-order valence-corrected chi connectivity index (χ3v) is 11.1. The molecule has 40 heteroatoms. The molecule has 0 aliphatic carbocycles. The smallest absolute Gasteiger partial charge is 0.457 e. The lowest BCUT2D eigenvalue weighted by atomic mass is 9.94. The minimum atomic E-state index is -8.52. The largest absolute Gasteiger partial charge is 0.460 e. The molecule has 0 spiro atoms.